The number of para-hydroxylation sites is 1. The van der Waals surface area contributed by atoms with Crippen molar-refractivity contribution in [1.82, 2.24) is 14.8 Å². The summed E-state index contributed by atoms with van der Waals surface area (Å²) >= 11 is 0. The molecule has 4 rings (SSSR count). The molecule has 0 bridgehead atoms. The molecule has 0 amide bonds. The maximum atomic E-state index is 13.7. The number of hydrogen-bond donors (Lipinski definition) is 0. The SMILES string of the molecule is O=C1C(=Cc2ccc(-n3cncn3)cc2)COc2c(F)cccc21. The molecule has 0 unspecified atom stereocenters. The van der Waals surface area contributed by atoms with E-state index in [1.807, 2.05) is 24.3 Å². The number of halogens is 1. The van der Waals surface area contributed by atoms with Crippen LogP contribution >= 0.6 is 0 Å². The number of carbonyl (C=O) groups excluding carboxylic acids is 1. The number of aromatic nitrogens is 3. The molecule has 0 fully saturated rings. The molecule has 0 saturated heterocycles. The van der Waals surface area contributed by atoms with E-state index in [9.17, 15) is 9.18 Å². The minimum absolute atomic E-state index is 0.0289. The van der Waals surface area contributed by atoms with Crippen LogP contribution in [0.4, 0.5) is 4.39 Å². The van der Waals surface area contributed by atoms with E-state index in [1.54, 1.807) is 23.2 Å². The zero-order valence-corrected chi connectivity index (χ0v) is 12.5. The fourth-order valence-electron chi connectivity index (χ4n) is 2.60. The molecule has 0 spiro atoms. The van der Waals surface area contributed by atoms with Gasteiger partial charge in [-0.1, -0.05) is 18.2 Å². The Bertz CT molecular complexity index is 931. The molecule has 3 aromatic rings. The lowest BCUT2D eigenvalue weighted by Gasteiger charge is -2.19. The van der Waals surface area contributed by atoms with Crippen molar-refractivity contribution in [3.63, 3.8) is 0 Å². The van der Waals surface area contributed by atoms with Gasteiger partial charge in [0.25, 0.3) is 0 Å². The molecule has 24 heavy (non-hydrogen) atoms. The first-order valence-corrected chi connectivity index (χ1v) is 7.34. The molecule has 118 valence electrons. The second-order valence-electron chi connectivity index (χ2n) is 5.34. The second-order valence-corrected chi connectivity index (χ2v) is 5.34. The lowest BCUT2D eigenvalue weighted by molar-refractivity contribution is 0.0998. The van der Waals surface area contributed by atoms with Gasteiger partial charge in [-0.2, -0.15) is 5.10 Å². The summed E-state index contributed by atoms with van der Waals surface area (Å²) in [6.07, 6.45) is 4.82. The first-order chi connectivity index (χ1) is 11.7. The Morgan fingerprint density at radius 1 is 1.17 bits per heavy atom. The van der Waals surface area contributed by atoms with Crippen molar-refractivity contribution in [1.29, 1.82) is 0 Å². The van der Waals surface area contributed by atoms with Crippen LogP contribution in [0.2, 0.25) is 0 Å². The Morgan fingerprint density at radius 2 is 2.00 bits per heavy atom. The number of Topliss-reactive ketones (excluding diaryl/α,β-unsaturated/α-hetero) is 1. The summed E-state index contributed by atoms with van der Waals surface area (Å²) < 4.78 is 20.7. The van der Waals surface area contributed by atoms with Crippen LogP contribution in [0.25, 0.3) is 11.8 Å². The van der Waals surface area contributed by atoms with Gasteiger partial charge in [0, 0.05) is 5.57 Å². The van der Waals surface area contributed by atoms with Gasteiger partial charge >= 0.3 is 0 Å². The molecule has 0 atom stereocenters. The summed E-state index contributed by atoms with van der Waals surface area (Å²) in [6.45, 7) is 0.0532. The van der Waals surface area contributed by atoms with Crippen LogP contribution < -0.4 is 4.74 Å². The molecular weight excluding hydrogens is 309 g/mol. The van der Waals surface area contributed by atoms with Crippen LogP contribution in [0.15, 0.2) is 60.7 Å². The molecule has 2 heterocycles. The summed E-state index contributed by atoms with van der Waals surface area (Å²) in [7, 11) is 0. The summed E-state index contributed by atoms with van der Waals surface area (Å²) in [5.74, 6) is -0.700. The number of rotatable bonds is 2. The van der Waals surface area contributed by atoms with E-state index in [1.165, 1.54) is 18.5 Å². The summed E-state index contributed by atoms with van der Waals surface area (Å²) in [5.41, 5.74) is 2.47. The van der Waals surface area contributed by atoms with Gasteiger partial charge in [-0.05, 0) is 35.9 Å². The zero-order valence-electron chi connectivity index (χ0n) is 12.5. The van der Waals surface area contributed by atoms with Gasteiger partial charge in [0.15, 0.2) is 17.3 Å². The molecule has 1 aromatic heterocycles. The number of nitrogens with zero attached hydrogens (tertiary/aromatic N) is 3. The van der Waals surface area contributed by atoms with Crippen LogP contribution in [0.5, 0.6) is 5.75 Å². The first kappa shape index (κ1) is 14.3. The summed E-state index contributed by atoms with van der Waals surface area (Å²) in [4.78, 5) is 16.4. The van der Waals surface area contributed by atoms with E-state index in [-0.39, 0.29) is 23.7 Å². The predicted octanol–water partition coefficient (Wildman–Crippen LogP) is 3.07. The van der Waals surface area contributed by atoms with Crippen LogP contribution in [0.1, 0.15) is 15.9 Å². The maximum absolute atomic E-state index is 13.7. The number of benzene rings is 2. The Morgan fingerprint density at radius 3 is 2.75 bits per heavy atom. The van der Waals surface area contributed by atoms with Crippen molar-refractivity contribution in [3.05, 3.63) is 77.6 Å². The maximum Gasteiger partial charge on any atom is 0.196 e. The molecule has 1 aliphatic heterocycles. The minimum atomic E-state index is -0.517. The Kier molecular flexibility index (Phi) is 3.42. The third kappa shape index (κ3) is 2.48. The highest BCUT2D eigenvalue weighted by molar-refractivity contribution is 6.14. The molecular formula is C18H12FN3O2. The fourth-order valence-corrected chi connectivity index (χ4v) is 2.60. The quantitative estimate of drug-likeness (QED) is 0.681. The molecule has 0 N–H and O–H groups in total. The third-order valence-corrected chi connectivity index (χ3v) is 3.79. The highest BCUT2D eigenvalue weighted by Crippen LogP contribution is 2.30. The Balaban J connectivity index is 1.63. The summed E-state index contributed by atoms with van der Waals surface area (Å²) in [5, 5.41) is 4.06. The smallest absolute Gasteiger partial charge is 0.196 e. The number of ketones is 1. The number of carbonyl (C=O) groups is 1. The molecule has 0 radical (unpaired) electrons. The fraction of sp³-hybridized carbons (Fsp3) is 0.0556. The van der Waals surface area contributed by atoms with Crippen LogP contribution in [-0.4, -0.2) is 27.2 Å². The van der Waals surface area contributed by atoms with E-state index in [4.69, 9.17) is 4.74 Å². The van der Waals surface area contributed by atoms with E-state index in [0.717, 1.165) is 11.3 Å². The summed E-state index contributed by atoms with van der Waals surface area (Å²) in [6, 6.07) is 11.9. The van der Waals surface area contributed by atoms with Gasteiger partial charge in [0.1, 0.15) is 19.3 Å². The van der Waals surface area contributed by atoms with Crippen molar-refractivity contribution >= 4 is 11.9 Å². The van der Waals surface area contributed by atoms with Gasteiger partial charge in [-0.3, -0.25) is 4.79 Å². The monoisotopic (exact) mass is 321 g/mol. The van der Waals surface area contributed by atoms with Crippen LogP contribution in [-0.2, 0) is 0 Å². The van der Waals surface area contributed by atoms with Crippen LogP contribution in [0.3, 0.4) is 0 Å². The molecule has 1 aliphatic rings. The highest BCUT2D eigenvalue weighted by Gasteiger charge is 2.25. The molecule has 6 heteroatoms. The normalized spacial score (nSPS) is 15.2. The number of ether oxygens (including phenoxy) is 1. The lowest BCUT2D eigenvalue weighted by atomic mass is 9.98. The van der Waals surface area contributed by atoms with E-state index >= 15 is 0 Å². The standard InChI is InChI=1S/C18H12FN3O2/c19-16-3-1-2-15-17(23)13(9-24-18(15)16)8-12-4-6-14(7-5-12)22-11-20-10-21-22/h1-8,10-11H,9H2. The molecule has 5 nitrogen and oxygen atoms in total. The second kappa shape index (κ2) is 5.73. The molecule has 2 aromatic carbocycles. The van der Waals surface area contributed by atoms with Crippen LogP contribution in [0, 0.1) is 5.82 Å². The van der Waals surface area contributed by atoms with E-state index in [0.29, 0.717) is 5.57 Å². The van der Waals surface area contributed by atoms with E-state index in [2.05, 4.69) is 10.1 Å². The zero-order chi connectivity index (χ0) is 16.5. The topological polar surface area (TPSA) is 57.0 Å². The van der Waals surface area contributed by atoms with Crippen molar-refractivity contribution in [2.75, 3.05) is 6.61 Å². The van der Waals surface area contributed by atoms with Crippen molar-refractivity contribution in [3.8, 4) is 11.4 Å². The molecule has 0 saturated carbocycles. The van der Waals surface area contributed by atoms with Crippen molar-refractivity contribution < 1.29 is 13.9 Å². The van der Waals surface area contributed by atoms with Gasteiger partial charge in [-0.15, -0.1) is 0 Å². The predicted molar refractivity (Wildman–Crippen MR) is 85.6 cm³/mol. The Hall–Kier alpha value is -3.28. The molecule has 0 aliphatic carbocycles. The minimum Gasteiger partial charge on any atom is -0.485 e. The van der Waals surface area contributed by atoms with Gasteiger partial charge < -0.3 is 4.74 Å². The highest BCUT2D eigenvalue weighted by atomic mass is 19.1. The first-order valence-electron chi connectivity index (χ1n) is 7.34. The van der Waals surface area contributed by atoms with Gasteiger partial charge in [0.2, 0.25) is 0 Å². The number of hydrogen-bond acceptors (Lipinski definition) is 4. The third-order valence-electron chi connectivity index (χ3n) is 3.79. The van der Waals surface area contributed by atoms with Gasteiger partial charge in [0.05, 0.1) is 11.3 Å². The average molecular weight is 321 g/mol. The van der Waals surface area contributed by atoms with Gasteiger partial charge in [-0.25, -0.2) is 14.1 Å². The van der Waals surface area contributed by atoms with Crippen molar-refractivity contribution in [2.45, 2.75) is 0 Å². The van der Waals surface area contributed by atoms with E-state index < -0.39 is 5.82 Å². The largest absolute Gasteiger partial charge is 0.485 e. The lowest BCUT2D eigenvalue weighted by Crippen LogP contribution is -2.19. The number of fused-ring (bicyclic) bond motifs is 1. The Labute approximate surface area is 137 Å². The average Bonchev–Trinajstić information content (AvgIpc) is 3.13. The van der Waals surface area contributed by atoms with Crippen molar-refractivity contribution in [2.24, 2.45) is 0 Å².